The van der Waals surface area contributed by atoms with E-state index in [0.29, 0.717) is 0 Å². The molecule has 1 saturated heterocycles. The molecule has 17 heavy (non-hydrogen) atoms. The van der Waals surface area contributed by atoms with Crippen LogP contribution in [-0.4, -0.2) is 23.9 Å². The van der Waals surface area contributed by atoms with Crippen LogP contribution in [0.2, 0.25) is 0 Å². The molecular formula is C14H16N2O. The van der Waals surface area contributed by atoms with Crippen molar-refractivity contribution < 1.29 is 4.79 Å². The Morgan fingerprint density at radius 1 is 1.29 bits per heavy atom. The molecule has 1 N–H and O–H groups in total. The molecule has 3 nitrogen and oxygen atoms in total. The fraction of sp³-hybridized carbons (Fsp3) is 0.357. The summed E-state index contributed by atoms with van der Waals surface area (Å²) in [5.41, 5.74) is 3.96. The molecule has 2 aliphatic heterocycles. The van der Waals surface area contributed by atoms with Gasteiger partial charge in [-0.1, -0.05) is 12.1 Å². The summed E-state index contributed by atoms with van der Waals surface area (Å²) < 4.78 is 0. The topological polar surface area (TPSA) is 32.3 Å². The third-order valence-corrected chi connectivity index (χ3v) is 3.41. The Hall–Kier alpha value is -1.77. The first-order valence-corrected chi connectivity index (χ1v) is 6.12. The Kier molecular flexibility index (Phi) is 2.39. The summed E-state index contributed by atoms with van der Waals surface area (Å²) in [5.74, 6) is 0.0255. The van der Waals surface area contributed by atoms with Gasteiger partial charge in [0.15, 0.2) is 0 Å². The third kappa shape index (κ3) is 1.82. The second kappa shape index (κ2) is 3.91. The van der Waals surface area contributed by atoms with Gasteiger partial charge in [0.05, 0.1) is 5.57 Å². The van der Waals surface area contributed by atoms with E-state index in [-0.39, 0.29) is 5.91 Å². The number of nitrogens with zero attached hydrogens (tertiary/aromatic N) is 1. The van der Waals surface area contributed by atoms with E-state index < -0.39 is 0 Å². The van der Waals surface area contributed by atoms with Crippen molar-refractivity contribution >= 4 is 17.2 Å². The second-order valence-corrected chi connectivity index (χ2v) is 4.79. The van der Waals surface area contributed by atoms with E-state index in [2.05, 4.69) is 16.3 Å². The van der Waals surface area contributed by atoms with Gasteiger partial charge in [0.1, 0.15) is 0 Å². The molecule has 1 amide bonds. The number of fused-ring (bicyclic) bond motifs is 1. The number of nitrogens with one attached hydrogen (secondary N) is 1. The molecule has 0 radical (unpaired) electrons. The Morgan fingerprint density at radius 2 is 2.06 bits per heavy atom. The van der Waals surface area contributed by atoms with Gasteiger partial charge in [0.25, 0.3) is 5.91 Å². The van der Waals surface area contributed by atoms with Gasteiger partial charge in [0.2, 0.25) is 0 Å². The lowest BCUT2D eigenvalue weighted by Crippen LogP contribution is -2.14. The fourth-order valence-corrected chi connectivity index (χ4v) is 2.49. The number of hydrogen-bond acceptors (Lipinski definition) is 2. The van der Waals surface area contributed by atoms with Crippen molar-refractivity contribution in [3.05, 3.63) is 35.5 Å². The van der Waals surface area contributed by atoms with Crippen molar-refractivity contribution in [2.45, 2.75) is 19.8 Å². The summed E-state index contributed by atoms with van der Waals surface area (Å²) in [6.45, 7) is 4.17. The summed E-state index contributed by atoms with van der Waals surface area (Å²) in [6.07, 6.45) is 4.47. The minimum Gasteiger partial charge on any atom is -0.377 e. The zero-order valence-electron chi connectivity index (χ0n) is 9.99. The molecule has 0 spiro atoms. The number of likely N-dealkylation sites (tertiary alicyclic amines) is 1. The van der Waals surface area contributed by atoms with Crippen LogP contribution in [0, 0.1) is 6.92 Å². The maximum atomic E-state index is 11.9. The Labute approximate surface area is 101 Å². The number of benzene rings is 1. The minimum absolute atomic E-state index is 0.0255. The van der Waals surface area contributed by atoms with E-state index in [4.69, 9.17) is 0 Å². The van der Waals surface area contributed by atoms with Crippen molar-refractivity contribution in [2.75, 3.05) is 18.4 Å². The SMILES string of the molecule is Cc1ccc2c(c1)NC(=O)/C2=C/N1CCCC1. The van der Waals surface area contributed by atoms with Crippen LogP contribution in [-0.2, 0) is 4.79 Å². The highest BCUT2D eigenvalue weighted by molar-refractivity contribution is 6.31. The lowest BCUT2D eigenvalue weighted by molar-refractivity contribution is -0.110. The summed E-state index contributed by atoms with van der Waals surface area (Å²) in [7, 11) is 0. The van der Waals surface area contributed by atoms with Gasteiger partial charge < -0.3 is 10.2 Å². The molecule has 3 rings (SSSR count). The van der Waals surface area contributed by atoms with Gasteiger partial charge in [-0.25, -0.2) is 0 Å². The van der Waals surface area contributed by atoms with Crippen LogP contribution < -0.4 is 5.32 Å². The largest absolute Gasteiger partial charge is 0.377 e. The van der Waals surface area contributed by atoms with E-state index >= 15 is 0 Å². The van der Waals surface area contributed by atoms with Crippen molar-refractivity contribution in [1.29, 1.82) is 0 Å². The fourth-order valence-electron chi connectivity index (χ4n) is 2.49. The van der Waals surface area contributed by atoms with E-state index in [1.807, 2.05) is 25.3 Å². The molecule has 0 atom stereocenters. The van der Waals surface area contributed by atoms with Crippen molar-refractivity contribution in [3.8, 4) is 0 Å². The zero-order valence-corrected chi connectivity index (χ0v) is 9.99. The lowest BCUT2D eigenvalue weighted by atomic mass is 10.1. The number of hydrogen-bond donors (Lipinski definition) is 1. The average molecular weight is 228 g/mol. The predicted octanol–water partition coefficient (Wildman–Crippen LogP) is 2.38. The Balaban J connectivity index is 1.98. The first kappa shape index (κ1) is 10.4. The summed E-state index contributed by atoms with van der Waals surface area (Å²) in [5, 5.41) is 2.93. The number of carbonyl (C=O) groups excluding carboxylic acids is 1. The van der Waals surface area contributed by atoms with E-state index in [9.17, 15) is 4.79 Å². The van der Waals surface area contributed by atoms with Gasteiger partial charge in [-0.05, 0) is 31.4 Å². The highest BCUT2D eigenvalue weighted by atomic mass is 16.2. The van der Waals surface area contributed by atoms with Crippen LogP contribution in [0.25, 0.3) is 5.57 Å². The summed E-state index contributed by atoms with van der Waals surface area (Å²) in [6, 6.07) is 6.11. The third-order valence-electron chi connectivity index (χ3n) is 3.41. The average Bonchev–Trinajstić information content (AvgIpc) is 2.88. The second-order valence-electron chi connectivity index (χ2n) is 4.79. The molecule has 2 aliphatic rings. The van der Waals surface area contributed by atoms with E-state index in [1.54, 1.807) is 0 Å². The molecule has 3 heteroatoms. The van der Waals surface area contributed by atoms with Gasteiger partial charge in [0, 0.05) is 30.5 Å². The Bertz CT molecular complexity index is 499. The molecular weight excluding hydrogens is 212 g/mol. The number of anilines is 1. The molecule has 2 heterocycles. The zero-order chi connectivity index (χ0) is 11.8. The van der Waals surface area contributed by atoms with E-state index in [1.165, 1.54) is 18.4 Å². The standard InChI is InChI=1S/C14H16N2O/c1-10-4-5-11-12(9-16-6-2-3-7-16)14(17)15-13(11)8-10/h4-5,8-9H,2-3,6-7H2,1H3,(H,15,17)/b12-9+. The minimum atomic E-state index is 0.0255. The number of amides is 1. The van der Waals surface area contributed by atoms with Gasteiger partial charge in [-0.2, -0.15) is 0 Å². The number of carbonyl (C=O) groups is 1. The molecule has 0 unspecified atom stereocenters. The number of rotatable bonds is 1. The Morgan fingerprint density at radius 3 is 2.82 bits per heavy atom. The predicted molar refractivity (Wildman–Crippen MR) is 68.6 cm³/mol. The normalized spacial score (nSPS) is 20.9. The van der Waals surface area contributed by atoms with Crippen molar-refractivity contribution in [1.82, 2.24) is 4.90 Å². The van der Waals surface area contributed by atoms with Gasteiger partial charge in [-0.3, -0.25) is 4.79 Å². The molecule has 0 aromatic heterocycles. The monoisotopic (exact) mass is 228 g/mol. The molecule has 0 saturated carbocycles. The van der Waals surface area contributed by atoms with Crippen LogP contribution >= 0.6 is 0 Å². The smallest absolute Gasteiger partial charge is 0.257 e. The van der Waals surface area contributed by atoms with Crippen molar-refractivity contribution in [2.24, 2.45) is 0 Å². The van der Waals surface area contributed by atoms with Crippen LogP contribution in [0.15, 0.2) is 24.4 Å². The lowest BCUT2D eigenvalue weighted by Gasteiger charge is -2.11. The quantitative estimate of drug-likeness (QED) is 0.748. The van der Waals surface area contributed by atoms with Crippen LogP contribution in [0.3, 0.4) is 0 Å². The maximum absolute atomic E-state index is 11.9. The molecule has 1 fully saturated rings. The van der Waals surface area contributed by atoms with Crippen LogP contribution in [0.4, 0.5) is 5.69 Å². The summed E-state index contributed by atoms with van der Waals surface area (Å²) >= 11 is 0. The molecule has 88 valence electrons. The molecule has 1 aromatic carbocycles. The molecule has 0 aliphatic carbocycles. The van der Waals surface area contributed by atoms with Gasteiger partial charge in [-0.15, -0.1) is 0 Å². The van der Waals surface area contributed by atoms with Crippen LogP contribution in [0.5, 0.6) is 0 Å². The molecule has 1 aromatic rings. The van der Waals surface area contributed by atoms with Crippen LogP contribution in [0.1, 0.15) is 24.0 Å². The van der Waals surface area contributed by atoms with E-state index in [0.717, 1.165) is 29.9 Å². The van der Waals surface area contributed by atoms with Gasteiger partial charge >= 0.3 is 0 Å². The highest BCUT2D eigenvalue weighted by Gasteiger charge is 2.25. The number of aryl methyl sites for hydroxylation is 1. The molecule has 0 bridgehead atoms. The highest BCUT2D eigenvalue weighted by Crippen LogP contribution is 2.32. The first-order valence-electron chi connectivity index (χ1n) is 6.12. The maximum Gasteiger partial charge on any atom is 0.257 e. The first-order chi connectivity index (χ1) is 8.24. The summed E-state index contributed by atoms with van der Waals surface area (Å²) in [4.78, 5) is 14.2. The van der Waals surface area contributed by atoms with Crippen molar-refractivity contribution in [3.63, 3.8) is 0 Å².